The highest BCUT2D eigenvalue weighted by Gasteiger charge is 2.10. The van der Waals surface area contributed by atoms with Crippen molar-refractivity contribution in [2.75, 3.05) is 0 Å². The summed E-state index contributed by atoms with van der Waals surface area (Å²) in [6.07, 6.45) is 18.6. The van der Waals surface area contributed by atoms with E-state index in [4.69, 9.17) is 0 Å². The fourth-order valence-electron chi connectivity index (χ4n) is 3.43. The molecule has 0 amide bonds. The monoisotopic (exact) mass is 376 g/mol. The third kappa shape index (κ3) is 10.9. The molecule has 0 spiro atoms. The van der Waals surface area contributed by atoms with Crippen LogP contribution in [0.5, 0.6) is 5.75 Å². The van der Waals surface area contributed by atoms with Gasteiger partial charge in [0.25, 0.3) is 0 Å². The van der Waals surface area contributed by atoms with E-state index in [1.54, 1.807) is 18.2 Å². The number of rotatable bonds is 16. The molecular formula is C24H40O3. The first-order chi connectivity index (χ1) is 13.2. The SMILES string of the molecule is CCCCCCCCCCCCCCCCC(O)=C(O)c1ccccc1O. The van der Waals surface area contributed by atoms with Crippen LogP contribution in [0.1, 0.15) is 109 Å². The van der Waals surface area contributed by atoms with Crippen LogP contribution in [0.15, 0.2) is 30.0 Å². The van der Waals surface area contributed by atoms with Gasteiger partial charge in [0.05, 0.1) is 5.56 Å². The van der Waals surface area contributed by atoms with Crippen LogP contribution < -0.4 is 0 Å². The standard InChI is InChI=1S/C24H40O3/c1-2-3-4-5-6-7-8-9-10-11-12-13-14-15-20-23(26)24(27)21-18-16-17-19-22(21)25/h16-19,25-27H,2-15,20H2,1H3. The number of hydrogen-bond donors (Lipinski definition) is 3. The summed E-state index contributed by atoms with van der Waals surface area (Å²) >= 11 is 0. The van der Waals surface area contributed by atoms with Gasteiger partial charge in [0.1, 0.15) is 11.5 Å². The van der Waals surface area contributed by atoms with Gasteiger partial charge in [-0.2, -0.15) is 0 Å². The molecular weight excluding hydrogens is 336 g/mol. The lowest BCUT2D eigenvalue weighted by molar-refractivity contribution is 0.353. The predicted molar refractivity (Wildman–Crippen MR) is 115 cm³/mol. The number of unbranched alkanes of at least 4 members (excludes halogenated alkanes) is 13. The summed E-state index contributed by atoms with van der Waals surface area (Å²) in [5, 5.41) is 29.8. The molecule has 1 aromatic rings. The summed E-state index contributed by atoms with van der Waals surface area (Å²) in [5.74, 6) is -0.249. The summed E-state index contributed by atoms with van der Waals surface area (Å²) in [7, 11) is 0. The van der Waals surface area contributed by atoms with Crippen LogP contribution in [-0.4, -0.2) is 15.3 Å². The maximum Gasteiger partial charge on any atom is 0.164 e. The lowest BCUT2D eigenvalue weighted by atomic mass is 10.0. The van der Waals surface area contributed by atoms with Crippen molar-refractivity contribution in [2.24, 2.45) is 0 Å². The first-order valence-corrected chi connectivity index (χ1v) is 11.1. The zero-order chi connectivity index (χ0) is 19.7. The molecule has 3 nitrogen and oxygen atoms in total. The Bertz CT molecular complexity index is 522. The normalized spacial score (nSPS) is 12.2. The Balaban J connectivity index is 1.98. The molecule has 1 aromatic carbocycles. The Hall–Kier alpha value is -1.64. The van der Waals surface area contributed by atoms with Crippen molar-refractivity contribution < 1.29 is 15.3 Å². The van der Waals surface area contributed by atoms with Crippen molar-refractivity contribution in [3.63, 3.8) is 0 Å². The molecule has 0 radical (unpaired) electrons. The minimum absolute atomic E-state index is 0.0116. The van der Waals surface area contributed by atoms with E-state index in [9.17, 15) is 15.3 Å². The third-order valence-corrected chi connectivity index (χ3v) is 5.20. The van der Waals surface area contributed by atoms with Crippen LogP contribution in [0.2, 0.25) is 0 Å². The number of aliphatic hydroxyl groups excluding tert-OH is 2. The van der Waals surface area contributed by atoms with Crippen LogP contribution in [-0.2, 0) is 0 Å². The van der Waals surface area contributed by atoms with E-state index in [1.807, 2.05) is 0 Å². The average molecular weight is 377 g/mol. The van der Waals surface area contributed by atoms with Gasteiger partial charge in [-0.15, -0.1) is 0 Å². The van der Waals surface area contributed by atoms with E-state index in [2.05, 4.69) is 6.92 Å². The molecule has 0 saturated carbocycles. The highest BCUT2D eigenvalue weighted by molar-refractivity contribution is 5.65. The van der Waals surface area contributed by atoms with Gasteiger partial charge in [0.15, 0.2) is 5.76 Å². The molecule has 0 saturated heterocycles. The van der Waals surface area contributed by atoms with Gasteiger partial charge in [0, 0.05) is 6.42 Å². The summed E-state index contributed by atoms with van der Waals surface area (Å²) in [5.41, 5.74) is 0.292. The fourth-order valence-corrected chi connectivity index (χ4v) is 3.43. The van der Waals surface area contributed by atoms with Crippen LogP contribution in [0.4, 0.5) is 0 Å². The highest BCUT2D eigenvalue weighted by atomic mass is 16.3. The Morgan fingerprint density at radius 3 is 1.59 bits per heavy atom. The lowest BCUT2D eigenvalue weighted by Gasteiger charge is -2.07. The van der Waals surface area contributed by atoms with Gasteiger partial charge < -0.3 is 15.3 Å². The molecule has 0 unspecified atom stereocenters. The summed E-state index contributed by atoms with van der Waals surface area (Å²) in [4.78, 5) is 0. The van der Waals surface area contributed by atoms with Crippen molar-refractivity contribution in [3.8, 4) is 5.75 Å². The van der Waals surface area contributed by atoms with Gasteiger partial charge in [-0.3, -0.25) is 0 Å². The van der Waals surface area contributed by atoms with Gasteiger partial charge >= 0.3 is 0 Å². The zero-order valence-corrected chi connectivity index (χ0v) is 17.3. The molecule has 0 aliphatic heterocycles. The molecule has 0 bridgehead atoms. The Kier molecular flexibility index (Phi) is 13.4. The van der Waals surface area contributed by atoms with Crippen LogP contribution in [0.25, 0.3) is 5.76 Å². The van der Waals surface area contributed by atoms with Gasteiger partial charge in [-0.05, 0) is 18.6 Å². The van der Waals surface area contributed by atoms with Crippen LogP contribution in [0.3, 0.4) is 0 Å². The number of allylic oxidation sites excluding steroid dienone is 1. The van der Waals surface area contributed by atoms with E-state index >= 15 is 0 Å². The molecule has 0 aliphatic rings. The summed E-state index contributed by atoms with van der Waals surface area (Å²) < 4.78 is 0. The number of aromatic hydroxyl groups is 1. The molecule has 1 rings (SSSR count). The lowest BCUT2D eigenvalue weighted by Crippen LogP contribution is -1.92. The number of para-hydroxylation sites is 1. The quantitative estimate of drug-likeness (QED) is 0.202. The van der Waals surface area contributed by atoms with Crippen molar-refractivity contribution in [3.05, 3.63) is 35.6 Å². The van der Waals surface area contributed by atoms with Crippen molar-refractivity contribution in [2.45, 2.75) is 103 Å². The topological polar surface area (TPSA) is 60.7 Å². The van der Waals surface area contributed by atoms with Crippen molar-refractivity contribution >= 4 is 5.76 Å². The van der Waals surface area contributed by atoms with Crippen molar-refractivity contribution in [1.82, 2.24) is 0 Å². The molecule has 0 atom stereocenters. The van der Waals surface area contributed by atoms with Crippen molar-refractivity contribution in [1.29, 1.82) is 0 Å². The Morgan fingerprint density at radius 2 is 1.11 bits per heavy atom. The van der Waals surface area contributed by atoms with Gasteiger partial charge in [-0.1, -0.05) is 103 Å². The van der Waals surface area contributed by atoms with E-state index in [1.165, 1.54) is 83.1 Å². The average Bonchev–Trinajstić information content (AvgIpc) is 2.68. The molecule has 27 heavy (non-hydrogen) atoms. The Morgan fingerprint density at radius 1 is 0.667 bits per heavy atom. The molecule has 154 valence electrons. The highest BCUT2D eigenvalue weighted by Crippen LogP contribution is 2.26. The molecule has 3 N–H and O–H groups in total. The number of phenolic OH excluding ortho intramolecular Hbond substituents is 1. The van der Waals surface area contributed by atoms with Crippen LogP contribution in [0, 0.1) is 0 Å². The van der Waals surface area contributed by atoms with Crippen LogP contribution >= 0.6 is 0 Å². The molecule has 0 fully saturated rings. The minimum Gasteiger partial charge on any atom is -0.508 e. The second-order valence-electron chi connectivity index (χ2n) is 7.66. The maximum atomic E-state index is 10.0. The Labute approximate surface area is 166 Å². The van der Waals surface area contributed by atoms with E-state index < -0.39 is 0 Å². The number of phenols is 1. The minimum atomic E-state index is -0.206. The maximum absolute atomic E-state index is 10.0. The van der Waals surface area contributed by atoms with E-state index in [-0.39, 0.29) is 17.3 Å². The first-order valence-electron chi connectivity index (χ1n) is 11.1. The number of benzene rings is 1. The molecule has 0 heterocycles. The largest absolute Gasteiger partial charge is 0.508 e. The summed E-state index contributed by atoms with van der Waals surface area (Å²) in [6.45, 7) is 2.26. The van der Waals surface area contributed by atoms with E-state index in [0.29, 0.717) is 12.0 Å². The second-order valence-corrected chi connectivity index (χ2v) is 7.66. The third-order valence-electron chi connectivity index (χ3n) is 5.20. The second kappa shape index (κ2) is 15.4. The van der Waals surface area contributed by atoms with Gasteiger partial charge in [-0.25, -0.2) is 0 Å². The molecule has 0 aromatic heterocycles. The smallest absolute Gasteiger partial charge is 0.164 e. The predicted octanol–water partition coefficient (Wildman–Crippen LogP) is 8.05. The summed E-state index contributed by atoms with van der Waals surface area (Å²) in [6, 6.07) is 6.53. The zero-order valence-electron chi connectivity index (χ0n) is 17.3. The van der Waals surface area contributed by atoms with Gasteiger partial charge in [0.2, 0.25) is 0 Å². The number of aliphatic hydroxyl groups is 2. The first kappa shape index (κ1) is 23.4. The molecule has 0 aliphatic carbocycles. The molecule has 3 heteroatoms. The number of hydrogen-bond acceptors (Lipinski definition) is 3. The fraction of sp³-hybridized carbons (Fsp3) is 0.667. The van der Waals surface area contributed by atoms with E-state index in [0.717, 1.165) is 12.8 Å².